The Morgan fingerprint density at radius 2 is 2.03 bits per heavy atom. The van der Waals surface area contributed by atoms with Crippen LogP contribution in [0.1, 0.15) is 24.1 Å². The molecule has 0 unspecified atom stereocenters. The highest BCUT2D eigenvalue weighted by Crippen LogP contribution is 2.45. The van der Waals surface area contributed by atoms with Gasteiger partial charge in [-0.3, -0.25) is 15.1 Å². The van der Waals surface area contributed by atoms with E-state index in [0.29, 0.717) is 22.0 Å². The molecule has 2 aliphatic rings. The topological polar surface area (TPSA) is 122 Å². The monoisotopic (exact) mass is 447 g/mol. The molecule has 0 radical (unpaired) electrons. The van der Waals surface area contributed by atoms with Crippen molar-refractivity contribution in [1.29, 1.82) is 0 Å². The number of aromatic nitrogens is 6. The van der Waals surface area contributed by atoms with Crippen LogP contribution in [0.15, 0.2) is 43.0 Å². The number of pyridine rings is 2. The molecular formula is C22H22ClN9. The van der Waals surface area contributed by atoms with Gasteiger partial charge in [-0.1, -0.05) is 17.7 Å². The molecule has 1 fully saturated rings. The summed E-state index contributed by atoms with van der Waals surface area (Å²) in [5.41, 5.74) is 11.0. The van der Waals surface area contributed by atoms with Gasteiger partial charge in [0.25, 0.3) is 0 Å². The average Bonchev–Trinajstić information content (AvgIpc) is 3.34. The largest absolute Gasteiger partial charge is 0.355 e. The van der Waals surface area contributed by atoms with Crippen LogP contribution in [-0.4, -0.2) is 49.3 Å². The molecule has 1 aliphatic heterocycles. The summed E-state index contributed by atoms with van der Waals surface area (Å²) in [5, 5.41) is 11.0. The van der Waals surface area contributed by atoms with Gasteiger partial charge in [0, 0.05) is 55.3 Å². The summed E-state index contributed by atoms with van der Waals surface area (Å²) in [5.74, 6) is 1.47. The summed E-state index contributed by atoms with van der Waals surface area (Å²) in [6.07, 6.45) is 9.72. The summed E-state index contributed by atoms with van der Waals surface area (Å²) in [6, 6.07) is 6.13. The number of anilines is 3. The van der Waals surface area contributed by atoms with Crippen molar-refractivity contribution in [2.45, 2.75) is 30.7 Å². The molecule has 0 amide bonds. The van der Waals surface area contributed by atoms with Gasteiger partial charge in [0.05, 0.1) is 16.9 Å². The van der Waals surface area contributed by atoms with Crippen molar-refractivity contribution < 1.29 is 0 Å². The van der Waals surface area contributed by atoms with E-state index in [-0.39, 0.29) is 11.5 Å². The normalized spacial score (nSPS) is 19.4. The number of nitrogens with zero attached hydrogens (tertiary/aromatic N) is 6. The number of nitrogens with two attached hydrogens (primary N) is 1. The van der Waals surface area contributed by atoms with E-state index in [1.807, 2.05) is 12.3 Å². The smallest absolute Gasteiger partial charge is 0.203 e. The predicted octanol–water partition coefficient (Wildman–Crippen LogP) is 2.96. The number of halogens is 1. The van der Waals surface area contributed by atoms with Crippen molar-refractivity contribution >= 4 is 40.1 Å². The first-order valence-electron chi connectivity index (χ1n) is 10.7. The second-order valence-corrected chi connectivity index (χ2v) is 8.84. The summed E-state index contributed by atoms with van der Waals surface area (Å²) < 4.78 is 0. The van der Waals surface area contributed by atoms with Gasteiger partial charge in [0.15, 0.2) is 11.3 Å². The molecule has 1 aliphatic carbocycles. The molecular weight excluding hydrogens is 426 g/mol. The van der Waals surface area contributed by atoms with E-state index >= 15 is 0 Å². The highest BCUT2D eigenvalue weighted by atomic mass is 35.5. The molecule has 1 atom stereocenters. The first-order valence-corrected chi connectivity index (χ1v) is 11.0. The zero-order chi connectivity index (χ0) is 21.7. The summed E-state index contributed by atoms with van der Waals surface area (Å²) in [4.78, 5) is 20.2. The van der Waals surface area contributed by atoms with Crippen LogP contribution in [0.3, 0.4) is 0 Å². The minimum Gasteiger partial charge on any atom is -0.355 e. The summed E-state index contributed by atoms with van der Waals surface area (Å²) in [6.45, 7) is 1.73. The lowest BCUT2D eigenvalue weighted by molar-refractivity contribution is 0.292. The molecule has 1 spiro atoms. The van der Waals surface area contributed by atoms with E-state index in [9.17, 15) is 0 Å². The second kappa shape index (κ2) is 7.39. The number of rotatable bonds is 3. The van der Waals surface area contributed by atoms with Crippen LogP contribution < -0.4 is 16.0 Å². The second-order valence-electron chi connectivity index (χ2n) is 8.43. The quantitative estimate of drug-likeness (QED) is 0.438. The van der Waals surface area contributed by atoms with E-state index in [1.165, 1.54) is 5.56 Å². The lowest BCUT2D eigenvalue weighted by Crippen LogP contribution is -2.50. The zero-order valence-electron chi connectivity index (χ0n) is 17.3. The third kappa shape index (κ3) is 3.00. The number of fused-ring (bicyclic) bond motifs is 3. The Morgan fingerprint density at radius 3 is 2.88 bits per heavy atom. The number of piperidine rings is 1. The molecule has 0 aromatic carbocycles. The molecule has 4 aromatic heterocycles. The molecule has 10 heteroatoms. The molecule has 9 nitrogen and oxygen atoms in total. The first kappa shape index (κ1) is 19.4. The molecule has 162 valence electrons. The van der Waals surface area contributed by atoms with Crippen LogP contribution in [0, 0.1) is 0 Å². The van der Waals surface area contributed by atoms with Crippen LogP contribution in [0.4, 0.5) is 17.3 Å². The first-order chi connectivity index (χ1) is 15.6. The number of H-pyrrole nitrogens is 1. The maximum atomic E-state index is 6.61. The van der Waals surface area contributed by atoms with Crippen LogP contribution in [0.25, 0.3) is 11.2 Å². The van der Waals surface area contributed by atoms with Crippen molar-refractivity contribution in [2.75, 3.05) is 23.3 Å². The Kier molecular flexibility index (Phi) is 4.48. The summed E-state index contributed by atoms with van der Waals surface area (Å²) >= 11 is 6.20. The standard InChI is InChI=1S/C22H22ClN9/c23-14-11-25-7-3-15(14)28-20-19-21(31-30-20)29-18(12-27-19)32-8-4-22(5-9-32)13-2-1-6-26-16(13)10-17(22)24/h1-3,6-7,11-12,17H,4-5,8-10,24H2,(H2,25,28,29,30,31)/t17-/m1/s1. The Hall–Kier alpha value is -3.30. The van der Waals surface area contributed by atoms with Crippen LogP contribution in [0.5, 0.6) is 0 Å². The minimum atomic E-state index is 0.00482. The van der Waals surface area contributed by atoms with Gasteiger partial charge in [-0.15, -0.1) is 0 Å². The fourth-order valence-corrected chi connectivity index (χ4v) is 5.24. The van der Waals surface area contributed by atoms with Gasteiger partial charge >= 0.3 is 0 Å². The van der Waals surface area contributed by atoms with E-state index in [2.05, 4.69) is 41.4 Å². The summed E-state index contributed by atoms with van der Waals surface area (Å²) in [7, 11) is 0. The Bertz CT molecular complexity index is 1300. The SMILES string of the molecule is N[C@@H]1Cc2ncccc2C12CCN(c1cnc3c(Nc4ccncc4Cl)[nH]nc3n1)CC2. The zero-order valence-corrected chi connectivity index (χ0v) is 18.0. The molecule has 32 heavy (non-hydrogen) atoms. The fraction of sp³-hybridized carbons (Fsp3) is 0.318. The molecule has 6 rings (SSSR count). The van der Waals surface area contributed by atoms with Crippen LogP contribution in [-0.2, 0) is 11.8 Å². The van der Waals surface area contributed by atoms with Gasteiger partial charge < -0.3 is 16.0 Å². The van der Waals surface area contributed by atoms with E-state index in [4.69, 9.17) is 22.3 Å². The molecule has 4 aromatic rings. The third-order valence-electron chi connectivity index (χ3n) is 6.81. The Labute approximate surface area is 189 Å². The Balaban J connectivity index is 1.23. The fourth-order valence-electron chi connectivity index (χ4n) is 5.07. The van der Waals surface area contributed by atoms with Gasteiger partial charge in [0.1, 0.15) is 5.82 Å². The maximum Gasteiger partial charge on any atom is 0.203 e. The Morgan fingerprint density at radius 1 is 1.16 bits per heavy atom. The molecule has 4 N–H and O–H groups in total. The van der Waals surface area contributed by atoms with Gasteiger partial charge in [-0.05, 0) is 30.5 Å². The van der Waals surface area contributed by atoms with Crippen LogP contribution in [0.2, 0.25) is 5.02 Å². The van der Waals surface area contributed by atoms with Gasteiger partial charge in [-0.25, -0.2) is 9.97 Å². The minimum absolute atomic E-state index is 0.00482. The third-order valence-corrected chi connectivity index (χ3v) is 7.11. The maximum absolute atomic E-state index is 6.61. The predicted molar refractivity (Wildman–Crippen MR) is 123 cm³/mol. The highest BCUT2D eigenvalue weighted by molar-refractivity contribution is 6.33. The lowest BCUT2D eigenvalue weighted by atomic mass is 9.71. The van der Waals surface area contributed by atoms with Crippen molar-refractivity contribution in [2.24, 2.45) is 5.73 Å². The number of hydrogen-bond donors (Lipinski definition) is 3. The number of nitrogens with one attached hydrogen (secondary N) is 2. The van der Waals surface area contributed by atoms with E-state index < -0.39 is 0 Å². The average molecular weight is 448 g/mol. The number of aromatic amines is 1. The molecule has 5 heterocycles. The van der Waals surface area contributed by atoms with E-state index in [0.717, 1.165) is 49.6 Å². The molecule has 0 saturated carbocycles. The van der Waals surface area contributed by atoms with Crippen molar-refractivity contribution in [3.63, 3.8) is 0 Å². The molecule has 1 saturated heterocycles. The van der Waals surface area contributed by atoms with Gasteiger partial charge in [-0.2, -0.15) is 5.10 Å². The van der Waals surface area contributed by atoms with Crippen molar-refractivity contribution in [1.82, 2.24) is 30.1 Å². The van der Waals surface area contributed by atoms with Crippen molar-refractivity contribution in [3.8, 4) is 0 Å². The number of hydrogen-bond acceptors (Lipinski definition) is 8. The van der Waals surface area contributed by atoms with Crippen LogP contribution >= 0.6 is 11.6 Å². The lowest BCUT2D eigenvalue weighted by Gasteiger charge is -2.42. The van der Waals surface area contributed by atoms with Gasteiger partial charge in [0.2, 0.25) is 5.65 Å². The van der Waals surface area contributed by atoms with E-state index in [1.54, 1.807) is 24.7 Å². The van der Waals surface area contributed by atoms with Crippen molar-refractivity contribution in [3.05, 3.63) is 59.3 Å². The molecule has 0 bridgehead atoms. The highest BCUT2D eigenvalue weighted by Gasteiger charge is 2.47.